The number of benzene rings is 2. The predicted octanol–water partition coefficient (Wildman–Crippen LogP) is 6.31. The van der Waals surface area contributed by atoms with E-state index < -0.39 is 7.60 Å². The van der Waals surface area contributed by atoms with E-state index in [-0.39, 0.29) is 31.7 Å². The van der Waals surface area contributed by atoms with Gasteiger partial charge < -0.3 is 4.74 Å². The third-order valence-corrected chi connectivity index (χ3v) is 6.33. The third-order valence-electron chi connectivity index (χ3n) is 4.75. The Hall–Kier alpha value is -2.38. The Bertz CT molecular complexity index is 958. The Kier molecular flexibility index (Phi) is 10.2. The molecule has 0 amide bonds. The van der Waals surface area contributed by atoms with Crippen molar-refractivity contribution < 1.29 is 23.1 Å². The summed E-state index contributed by atoms with van der Waals surface area (Å²) in [4.78, 5) is 12.5. The zero-order valence-corrected chi connectivity index (χ0v) is 20.5. The van der Waals surface area contributed by atoms with Crippen LogP contribution < -0.4 is 0 Å². The Morgan fingerprint density at radius 2 is 1.47 bits per heavy atom. The zero-order chi connectivity index (χ0) is 23.6. The van der Waals surface area contributed by atoms with Gasteiger partial charge in [0.2, 0.25) is 0 Å². The second kappa shape index (κ2) is 12.6. The van der Waals surface area contributed by atoms with E-state index in [1.54, 1.807) is 26.0 Å². The lowest BCUT2D eigenvalue weighted by Gasteiger charge is -2.13. The average Bonchev–Trinajstić information content (AvgIpc) is 2.77. The Morgan fingerprint density at radius 3 is 2.00 bits per heavy atom. The van der Waals surface area contributed by atoms with E-state index in [1.165, 1.54) is 5.56 Å². The Balaban J connectivity index is 1.93. The van der Waals surface area contributed by atoms with Gasteiger partial charge >= 0.3 is 13.6 Å². The van der Waals surface area contributed by atoms with Gasteiger partial charge in [-0.15, -0.1) is 0 Å². The molecule has 0 aliphatic carbocycles. The van der Waals surface area contributed by atoms with Crippen LogP contribution in [0, 0.1) is 17.5 Å². The number of rotatable bonds is 10. The van der Waals surface area contributed by atoms with Gasteiger partial charge in [-0.1, -0.05) is 56.2 Å². The van der Waals surface area contributed by atoms with E-state index in [0.29, 0.717) is 11.5 Å². The number of esters is 1. The minimum Gasteiger partial charge on any atom is -0.460 e. The summed E-state index contributed by atoms with van der Waals surface area (Å²) >= 11 is 0. The van der Waals surface area contributed by atoms with Crippen LogP contribution in [-0.4, -0.2) is 19.2 Å². The SMILES string of the molecule is CCOP(=O)(C#Cc1ccc(COC(=O)[C@H](C)c2ccc(CC(C)C)cc2)cc1)OCC. The van der Waals surface area contributed by atoms with Crippen LogP contribution in [0.5, 0.6) is 0 Å². The molecular weight excluding hydrogens is 423 g/mol. The summed E-state index contributed by atoms with van der Waals surface area (Å²) in [6, 6.07) is 15.4. The molecule has 0 saturated heterocycles. The molecule has 32 heavy (non-hydrogen) atoms. The lowest BCUT2D eigenvalue weighted by Crippen LogP contribution is -2.13. The highest BCUT2D eigenvalue weighted by atomic mass is 31.2. The van der Waals surface area contributed by atoms with Crippen LogP contribution in [-0.2, 0) is 36.2 Å². The third kappa shape index (κ3) is 8.28. The Labute approximate surface area is 192 Å². The highest BCUT2D eigenvalue weighted by Gasteiger charge is 2.20. The molecule has 2 aromatic carbocycles. The highest BCUT2D eigenvalue weighted by molar-refractivity contribution is 7.59. The number of ether oxygens (including phenoxy) is 1. The largest absolute Gasteiger partial charge is 0.460 e. The summed E-state index contributed by atoms with van der Waals surface area (Å²) in [6.07, 6.45) is 1.02. The van der Waals surface area contributed by atoms with Gasteiger partial charge in [0.1, 0.15) is 6.61 Å². The van der Waals surface area contributed by atoms with Crippen LogP contribution in [0.15, 0.2) is 48.5 Å². The van der Waals surface area contributed by atoms with E-state index in [0.717, 1.165) is 17.5 Å². The van der Waals surface area contributed by atoms with Gasteiger partial charge in [-0.3, -0.25) is 13.8 Å². The van der Waals surface area contributed by atoms with Gasteiger partial charge in [0.15, 0.2) is 0 Å². The lowest BCUT2D eigenvalue weighted by molar-refractivity contribution is -0.146. The van der Waals surface area contributed by atoms with E-state index in [9.17, 15) is 9.36 Å². The van der Waals surface area contributed by atoms with Crippen LogP contribution in [0.3, 0.4) is 0 Å². The molecule has 0 unspecified atom stereocenters. The van der Waals surface area contributed by atoms with E-state index in [2.05, 4.69) is 37.6 Å². The molecule has 0 radical (unpaired) electrons. The molecule has 0 heterocycles. The molecule has 5 nitrogen and oxygen atoms in total. The molecule has 2 aromatic rings. The van der Waals surface area contributed by atoms with Crippen LogP contribution in [0.2, 0.25) is 0 Å². The van der Waals surface area contributed by atoms with Crippen LogP contribution in [0.4, 0.5) is 0 Å². The first-order chi connectivity index (χ1) is 15.3. The molecule has 1 atom stereocenters. The standard InChI is InChI=1S/C26H33O5P/c1-6-30-32(28,31-7-2)17-16-22-8-10-24(11-9-22)19-29-26(27)21(5)25-14-12-23(13-15-25)18-20(3)4/h8-15,20-21H,6-7,18-19H2,1-5H3/t21-/m1/s1. The fourth-order valence-electron chi connectivity index (χ4n) is 3.09. The fraction of sp³-hybridized carbons (Fsp3) is 0.423. The number of carbonyl (C=O) groups is 1. The van der Waals surface area contributed by atoms with Crippen LogP contribution in [0.25, 0.3) is 0 Å². The topological polar surface area (TPSA) is 61.8 Å². The second-order valence-corrected chi connectivity index (χ2v) is 9.67. The van der Waals surface area contributed by atoms with Crippen molar-refractivity contribution in [3.63, 3.8) is 0 Å². The summed E-state index contributed by atoms with van der Waals surface area (Å²) in [7, 11) is -3.40. The number of carbonyl (C=O) groups excluding carboxylic acids is 1. The predicted molar refractivity (Wildman–Crippen MR) is 127 cm³/mol. The van der Waals surface area contributed by atoms with Crippen molar-refractivity contribution >= 4 is 13.6 Å². The average molecular weight is 457 g/mol. The lowest BCUT2D eigenvalue weighted by atomic mass is 9.97. The molecule has 172 valence electrons. The molecule has 0 spiro atoms. The first-order valence-electron chi connectivity index (χ1n) is 11.0. The minimum atomic E-state index is -3.40. The molecule has 0 N–H and O–H groups in total. The van der Waals surface area contributed by atoms with E-state index in [4.69, 9.17) is 13.8 Å². The van der Waals surface area contributed by atoms with Gasteiger partial charge in [-0.2, -0.15) is 0 Å². The van der Waals surface area contributed by atoms with Crippen molar-refractivity contribution in [2.45, 2.75) is 53.6 Å². The maximum absolute atomic E-state index is 12.5. The summed E-state index contributed by atoms with van der Waals surface area (Å²) in [5, 5.41) is 0. The van der Waals surface area contributed by atoms with Crippen molar-refractivity contribution in [1.82, 2.24) is 0 Å². The van der Waals surface area contributed by atoms with Crippen molar-refractivity contribution in [1.29, 1.82) is 0 Å². The molecule has 0 aliphatic heterocycles. The molecule has 0 aromatic heterocycles. The van der Waals surface area contributed by atoms with Crippen LogP contribution in [0.1, 0.15) is 62.8 Å². The van der Waals surface area contributed by atoms with Gasteiger partial charge in [-0.25, -0.2) is 4.57 Å². The monoisotopic (exact) mass is 456 g/mol. The van der Waals surface area contributed by atoms with E-state index >= 15 is 0 Å². The molecule has 0 bridgehead atoms. The van der Waals surface area contributed by atoms with Crippen molar-refractivity contribution in [3.8, 4) is 11.6 Å². The second-order valence-electron chi connectivity index (χ2n) is 7.94. The van der Waals surface area contributed by atoms with Crippen molar-refractivity contribution in [2.24, 2.45) is 5.92 Å². The Morgan fingerprint density at radius 1 is 0.906 bits per heavy atom. The van der Waals surface area contributed by atoms with Crippen LogP contribution >= 0.6 is 7.60 Å². The molecule has 0 aliphatic rings. The van der Waals surface area contributed by atoms with Gasteiger partial charge in [0.05, 0.1) is 19.1 Å². The minimum absolute atomic E-state index is 0.179. The smallest absolute Gasteiger partial charge is 0.405 e. The van der Waals surface area contributed by atoms with Gasteiger partial charge in [-0.05, 0) is 61.9 Å². The first-order valence-corrected chi connectivity index (χ1v) is 12.6. The first kappa shape index (κ1) is 25.9. The summed E-state index contributed by atoms with van der Waals surface area (Å²) in [5.74, 6) is 2.83. The maximum Gasteiger partial charge on any atom is 0.405 e. The summed E-state index contributed by atoms with van der Waals surface area (Å²) in [6.45, 7) is 10.4. The molecular formula is C26H33O5P. The van der Waals surface area contributed by atoms with Gasteiger partial charge in [0, 0.05) is 11.2 Å². The van der Waals surface area contributed by atoms with Crippen molar-refractivity contribution in [3.05, 3.63) is 70.8 Å². The summed E-state index contributed by atoms with van der Waals surface area (Å²) in [5.41, 5.74) is 6.35. The molecule has 2 rings (SSSR count). The fourth-order valence-corrected chi connectivity index (χ4v) is 4.24. The normalized spacial score (nSPS) is 12.2. The number of hydrogen-bond acceptors (Lipinski definition) is 5. The van der Waals surface area contributed by atoms with E-state index in [1.807, 2.05) is 31.2 Å². The van der Waals surface area contributed by atoms with Crippen molar-refractivity contribution in [2.75, 3.05) is 13.2 Å². The molecule has 0 saturated carbocycles. The molecule has 6 heteroatoms. The summed E-state index contributed by atoms with van der Waals surface area (Å²) < 4.78 is 28.2. The van der Waals surface area contributed by atoms with Gasteiger partial charge in [0.25, 0.3) is 0 Å². The quantitative estimate of drug-likeness (QED) is 0.238. The highest BCUT2D eigenvalue weighted by Crippen LogP contribution is 2.46. The molecule has 0 fully saturated rings. The zero-order valence-electron chi connectivity index (χ0n) is 19.6. The maximum atomic E-state index is 12.5. The number of hydrogen-bond donors (Lipinski definition) is 0.